The average molecular weight is 215 g/mol. The van der Waals surface area contributed by atoms with E-state index >= 15 is 0 Å². The zero-order valence-electron chi connectivity index (χ0n) is 8.90. The summed E-state index contributed by atoms with van der Waals surface area (Å²) in [5.41, 5.74) is 0. The fourth-order valence-electron chi connectivity index (χ4n) is 0.944. The van der Waals surface area contributed by atoms with Crippen LogP contribution in [-0.2, 0) is 15.7 Å². The van der Waals surface area contributed by atoms with Crippen LogP contribution >= 0.6 is 0 Å². The van der Waals surface area contributed by atoms with E-state index in [4.69, 9.17) is 4.74 Å². The summed E-state index contributed by atoms with van der Waals surface area (Å²) < 4.78 is 20.5. The Morgan fingerprint density at radius 2 is 2.29 bits per heavy atom. The van der Waals surface area contributed by atoms with Crippen LogP contribution in [0.25, 0.3) is 0 Å². The predicted octanol–water partition coefficient (Wildman–Crippen LogP) is 2.21. The second kappa shape index (κ2) is 4.73. The molecule has 1 aliphatic heterocycles. The Labute approximate surface area is 87.8 Å². The van der Waals surface area contributed by atoms with Crippen LogP contribution in [-0.4, -0.2) is 21.3 Å². The number of hydrogen-bond acceptors (Lipinski definition) is 2. The molecule has 0 amide bonds. The van der Waals surface area contributed by atoms with E-state index in [2.05, 4.69) is 4.40 Å². The minimum atomic E-state index is -1.17. The summed E-state index contributed by atoms with van der Waals surface area (Å²) in [6.45, 7) is 5.71. The summed E-state index contributed by atoms with van der Waals surface area (Å²) in [6.07, 6.45) is 7.22. The normalized spacial score (nSPS) is 24.9. The zero-order chi connectivity index (χ0) is 10.6. The highest BCUT2D eigenvalue weighted by Gasteiger charge is 2.19. The molecule has 4 heteroatoms. The molecule has 0 N–H and O–H groups in total. The molecular formula is C10H17NO2S. The minimum Gasteiger partial charge on any atom is -0.493 e. The highest BCUT2D eigenvalue weighted by Crippen LogP contribution is 2.13. The second-order valence-corrected chi connectivity index (χ2v) is 6.17. The smallest absolute Gasteiger partial charge is 0.144 e. The molecule has 0 radical (unpaired) electrons. The molecule has 0 saturated carbocycles. The van der Waals surface area contributed by atoms with Gasteiger partial charge in [-0.1, -0.05) is 0 Å². The van der Waals surface area contributed by atoms with E-state index in [1.807, 2.05) is 26.8 Å². The monoisotopic (exact) mass is 215 g/mol. The lowest BCUT2D eigenvalue weighted by Gasteiger charge is -2.16. The van der Waals surface area contributed by atoms with Crippen molar-refractivity contribution in [3.05, 3.63) is 12.3 Å². The van der Waals surface area contributed by atoms with Gasteiger partial charge in [-0.2, -0.15) is 4.40 Å². The Bertz CT molecular complexity index is 266. The molecule has 80 valence electrons. The van der Waals surface area contributed by atoms with E-state index < -0.39 is 11.0 Å². The average Bonchev–Trinajstić information content (AvgIpc) is 2.14. The summed E-state index contributed by atoms with van der Waals surface area (Å²) in [4.78, 5) is 0. The molecule has 0 aliphatic carbocycles. The molecule has 0 aromatic rings. The first-order chi connectivity index (χ1) is 6.50. The molecule has 0 saturated heterocycles. The Hall–Kier alpha value is -0.640. The molecule has 2 atom stereocenters. The summed E-state index contributed by atoms with van der Waals surface area (Å²) in [6, 6.07) is 0. The maximum absolute atomic E-state index is 11.5. The van der Waals surface area contributed by atoms with Crippen molar-refractivity contribution in [3.63, 3.8) is 0 Å². The van der Waals surface area contributed by atoms with Gasteiger partial charge in [0.25, 0.3) is 0 Å². The van der Waals surface area contributed by atoms with Crippen LogP contribution < -0.4 is 0 Å². The molecule has 0 fully saturated rings. The molecule has 0 aromatic carbocycles. The van der Waals surface area contributed by atoms with Crippen molar-refractivity contribution < 1.29 is 8.95 Å². The van der Waals surface area contributed by atoms with Crippen molar-refractivity contribution in [1.29, 1.82) is 0 Å². The number of nitrogens with zero attached hydrogens (tertiary/aromatic N) is 1. The topological polar surface area (TPSA) is 38.7 Å². The van der Waals surface area contributed by atoms with Gasteiger partial charge in [-0.3, -0.25) is 0 Å². The Kier molecular flexibility index (Phi) is 3.86. The fourth-order valence-corrected chi connectivity index (χ4v) is 1.51. The van der Waals surface area contributed by atoms with Crippen LogP contribution in [0, 0.1) is 0 Å². The van der Waals surface area contributed by atoms with E-state index in [9.17, 15) is 4.21 Å². The van der Waals surface area contributed by atoms with Crippen LogP contribution in [0.5, 0.6) is 0 Å². The molecule has 0 spiro atoms. The SMILES string of the molecule is CC(C)(C)S(=O)N=CC1CCC=CO1. The fraction of sp³-hybridized carbons (Fsp3) is 0.700. The lowest BCUT2D eigenvalue weighted by Crippen LogP contribution is -2.21. The summed E-state index contributed by atoms with van der Waals surface area (Å²) in [7, 11) is -1.17. The Morgan fingerprint density at radius 1 is 1.57 bits per heavy atom. The van der Waals surface area contributed by atoms with Crippen molar-refractivity contribution in [3.8, 4) is 0 Å². The molecule has 1 rings (SSSR count). The molecule has 0 aromatic heterocycles. The lowest BCUT2D eigenvalue weighted by molar-refractivity contribution is 0.185. The van der Waals surface area contributed by atoms with E-state index in [1.54, 1.807) is 12.5 Å². The third kappa shape index (κ3) is 3.62. The van der Waals surface area contributed by atoms with Gasteiger partial charge in [-0.05, 0) is 39.7 Å². The molecule has 14 heavy (non-hydrogen) atoms. The molecule has 2 unspecified atom stereocenters. The van der Waals surface area contributed by atoms with E-state index in [0.717, 1.165) is 12.8 Å². The predicted molar refractivity (Wildman–Crippen MR) is 59.6 cm³/mol. The van der Waals surface area contributed by atoms with Crippen LogP contribution in [0.4, 0.5) is 0 Å². The van der Waals surface area contributed by atoms with Gasteiger partial charge < -0.3 is 4.74 Å². The highest BCUT2D eigenvalue weighted by molar-refractivity contribution is 7.85. The number of allylic oxidation sites excluding steroid dienone is 1. The summed E-state index contributed by atoms with van der Waals surface area (Å²) in [5.74, 6) is 0. The Morgan fingerprint density at radius 3 is 2.79 bits per heavy atom. The van der Waals surface area contributed by atoms with Gasteiger partial charge in [0.2, 0.25) is 0 Å². The third-order valence-corrected chi connectivity index (χ3v) is 3.18. The van der Waals surface area contributed by atoms with Crippen molar-refractivity contribution in [1.82, 2.24) is 0 Å². The largest absolute Gasteiger partial charge is 0.493 e. The number of ether oxygens (including phenoxy) is 1. The molecule has 3 nitrogen and oxygen atoms in total. The first kappa shape index (κ1) is 11.4. The first-order valence-corrected chi connectivity index (χ1v) is 5.87. The minimum absolute atomic E-state index is 0.00806. The first-order valence-electron chi connectivity index (χ1n) is 4.77. The maximum atomic E-state index is 11.5. The molecule has 1 heterocycles. The van der Waals surface area contributed by atoms with Crippen LogP contribution in [0.2, 0.25) is 0 Å². The van der Waals surface area contributed by atoms with Crippen LogP contribution in [0.15, 0.2) is 16.7 Å². The number of hydrogen-bond donors (Lipinski definition) is 0. The van der Waals surface area contributed by atoms with Gasteiger partial charge in [-0.25, -0.2) is 4.21 Å². The van der Waals surface area contributed by atoms with E-state index in [0.29, 0.717) is 0 Å². The van der Waals surface area contributed by atoms with Gasteiger partial charge in [0.05, 0.1) is 17.2 Å². The van der Waals surface area contributed by atoms with Crippen molar-refractivity contribution in [2.45, 2.75) is 44.5 Å². The standard InChI is InChI=1S/C10H17NO2S/c1-10(2,3)14(12)11-8-9-6-4-5-7-13-9/h5,7-9H,4,6H2,1-3H3. The molecule has 0 bridgehead atoms. The van der Waals surface area contributed by atoms with Crippen LogP contribution in [0.3, 0.4) is 0 Å². The van der Waals surface area contributed by atoms with Crippen molar-refractivity contribution >= 4 is 17.2 Å². The van der Waals surface area contributed by atoms with Crippen molar-refractivity contribution in [2.75, 3.05) is 0 Å². The second-order valence-electron chi connectivity index (χ2n) is 4.24. The Balaban J connectivity index is 2.47. The van der Waals surface area contributed by atoms with Gasteiger partial charge >= 0.3 is 0 Å². The zero-order valence-corrected chi connectivity index (χ0v) is 9.71. The summed E-state index contributed by atoms with van der Waals surface area (Å²) >= 11 is 0. The van der Waals surface area contributed by atoms with Gasteiger partial charge in [-0.15, -0.1) is 0 Å². The van der Waals surface area contributed by atoms with Gasteiger partial charge in [0.15, 0.2) is 0 Å². The van der Waals surface area contributed by atoms with Crippen LogP contribution in [0.1, 0.15) is 33.6 Å². The van der Waals surface area contributed by atoms with Gasteiger partial charge in [0.1, 0.15) is 17.1 Å². The van der Waals surface area contributed by atoms with E-state index in [1.165, 1.54) is 0 Å². The van der Waals surface area contributed by atoms with Crippen molar-refractivity contribution in [2.24, 2.45) is 4.40 Å². The highest BCUT2D eigenvalue weighted by atomic mass is 32.2. The quantitative estimate of drug-likeness (QED) is 0.662. The maximum Gasteiger partial charge on any atom is 0.144 e. The third-order valence-electron chi connectivity index (χ3n) is 1.81. The van der Waals surface area contributed by atoms with Gasteiger partial charge in [0, 0.05) is 0 Å². The molecule has 1 aliphatic rings. The van der Waals surface area contributed by atoms with E-state index in [-0.39, 0.29) is 10.9 Å². The molecular weight excluding hydrogens is 198 g/mol. The number of rotatable bonds is 2. The summed E-state index contributed by atoms with van der Waals surface area (Å²) in [5, 5.41) is 0. The lowest BCUT2D eigenvalue weighted by atomic mass is 10.2.